The summed E-state index contributed by atoms with van der Waals surface area (Å²) in [4.78, 5) is 10.7. The lowest BCUT2D eigenvalue weighted by Crippen LogP contribution is -2.01. The second-order valence-electron chi connectivity index (χ2n) is 4.21. The van der Waals surface area contributed by atoms with Crippen molar-refractivity contribution >= 4 is 5.97 Å². The summed E-state index contributed by atoms with van der Waals surface area (Å²) in [6.07, 6.45) is 4.07. The highest BCUT2D eigenvalue weighted by Gasteiger charge is 2.16. The molecule has 0 saturated heterocycles. The Kier molecular flexibility index (Phi) is 3.89. The second kappa shape index (κ2) is 5.60. The van der Waals surface area contributed by atoms with Crippen LogP contribution >= 0.6 is 0 Å². The molecule has 0 aromatic carbocycles. The molecule has 0 amide bonds. The molecule has 6 nitrogen and oxygen atoms in total. The number of carboxylic acid groups (broad SMARTS) is 1. The van der Waals surface area contributed by atoms with Gasteiger partial charge in [-0.1, -0.05) is 6.92 Å². The van der Waals surface area contributed by atoms with Gasteiger partial charge >= 0.3 is 5.97 Å². The SMILES string of the molecule is CCCn1cc(OC(C)c2ccc(C(=O)O)o2)cn1. The van der Waals surface area contributed by atoms with E-state index in [4.69, 9.17) is 14.3 Å². The zero-order chi connectivity index (χ0) is 13.8. The lowest BCUT2D eigenvalue weighted by molar-refractivity contribution is 0.0655. The number of carboxylic acids is 1. The molecule has 102 valence electrons. The van der Waals surface area contributed by atoms with Gasteiger partial charge in [0.1, 0.15) is 5.76 Å². The maximum absolute atomic E-state index is 10.7. The van der Waals surface area contributed by atoms with E-state index in [2.05, 4.69) is 12.0 Å². The van der Waals surface area contributed by atoms with E-state index >= 15 is 0 Å². The zero-order valence-electron chi connectivity index (χ0n) is 10.9. The Morgan fingerprint density at radius 3 is 3.00 bits per heavy atom. The minimum Gasteiger partial charge on any atom is -0.479 e. The van der Waals surface area contributed by atoms with Crippen molar-refractivity contribution < 1.29 is 19.1 Å². The maximum atomic E-state index is 10.7. The molecule has 1 atom stereocenters. The van der Waals surface area contributed by atoms with Crippen LogP contribution in [0.1, 0.15) is 42.7 Å². The minimum absolute atomic E-state index is 0.0906. The molecule has 2 heterocycles. The molecule has 0 aliphatic heterocycles. The minimum atomic E-state index is -1.09. The fourth-order valence-corrected chi connectivity index (χ4v) is 1.71. The van der Waals surface area contributed by atoms with Crippen LogP contribution in [0, 0.1) is 0 Å². The summed E-state index contributed by atoms with van der Waals surface area (Å²) in [7, 11) is 0. The third-order valence-corrected chi connectivity index (χ3v) is 2.61. The van der Waals surface area contributed by atoms with E-state index in [-0.39, 0.29) is 11.9 Å². The van der Waals surface area contributed by atoms with Crippen LogP contribution in [0.4, 0.5) is 0 Å². The summed E-state index contributed by atoms with van der Waals surface area (Å²) >= 11 is 0. The summed E-state index contributed by atoms with van der Waals surface area (Å²) in [5.41, 5.74) is 0. The van der Waals surface area contributed by atoms with Crippen LogP contribution in [0.3, 0.4) is 0 Å². The van der Waals surface area contributed by atoms with Crippen molar-refractivity contribution in [3.63, 3.8) is 0 Å². The Morgan fingerprint density at radius 1 is 1.58 bits per heavy atom. The van der Waals surface area contributed by atoms with Crippen molar-refractivity contribution in [1.29, 1.82) is 0 Å². The summed E-state index contributed by atoms with van der Waals surface area (Å²) in [6.45, 7) is 4.70. The summed E-state index contributed by atoms with van der Waals surface area (Å²) < 4.78 is 12.6. The van der Waals surface area contributed by atoms with E-state index in [0.717, 1.165) is 13.0 Å². The summed E-state index contributed by atoms with van der Waals surface area (Å²) in [5.74, 6) is -0.0730. The molecule has 0 fully saturated rings. The average Bonchev–Trinajstić information content (AvgIpc) is 2.98. The number of aryl methyl sites for hydroxylation is 1. The molecule has 0 bridgehead atoms. The second-order valence-corrected chi connectivity index (χ2v) is 4.21. The molecular weight excluding hydrogens is 248 g/mol. The molecule has 6 heteroatoms. The van der Waals surface area contributed by atoms with Gasteiger partial charge in [0.2, 0.25) is 5.76 Å². The van der Waals surface area contributed by atoms with E-state index in [1.54, 1.807) is 30.1 Å². The zero-order valence-corrected chi connectivity index (χ0v) is 10.9. The normalized spacial score (nSPS) is 12.3. The van der Waals surface area contributed by atoms with Gasteiger partial charge in [-0.05, 0) is 25.5 Å². The van der Waals surface area contributed by atoms with Gasteiger partial charge in [0.05, 0.1) is 12.4 Å². The number of aromatic nitrogens is 2. The van der Waals surface area contributed by atoms with Crippen molar-refractivity contribution in [3.05, 3.63) is 36.0 Å². The van der Waals surface area contributed by atoms with Crippen molar-refractivity contribution in [3.8, 4) is 5.75 Å². The molecule has 19 heavy (non-hydrogen) atoms. The van der Waals surface area contributed by atoms with Crippen LogP contribution < -0.4 is 4.74 Å². The number of ether oxygens (including phenoxy) is 1. The molecule has 1 unspecified atom stereocenters. The fraction of sp³-hybridized carbons (Fsp3) is 0.385. The van der Waals surface area contributed by atoms with Crippen LogP contribution in [-0.2, 0) is 6.54 Å². The predicted molar refractivity (Wildman–Crippen MR) is 67.2 cm³/mol. The standard InChI is InChI=1S/C13H16N2O4/c1-3-6-15-8-10(7-14-15)18-9(2)11-4-5-12(19-11)13(16)17/h4-5,7-9H,3,6H2,1-2H3,(H,16,17). The van der Waals surface area contributed by atoms with Gasteiger partial charge in [-0.15, -0.1) is 0 Å². The van der Waals surface area contributed by atoms with Gasteiger partial charge in [0.25, 0.3) is 0 Å². The first kappa shape index (κ1) is 13.2. The average molecular weight is 264 g/mol. The molecule has 0 spiro atoms. The molecule has 0 aliphatic rings. The van der Waals surface area contributed by atoms with Crippen LogP contribution in [0.25, 0.3) is 0 Å². The smallest absolute Gasteiger partial charge is 0.371 e. The Morgan fingerprint density at radius 2 is 2.37 bits per heavy atom. The van der Waals surface area contributed by atoms with E-state index in [9.17, 15) is 4.79 Å². The van der Waals surface area contributed by atoms with E-state index in [1.807, 2.05) is 0 Å². The van der Waals surface area contributed by atoms with Gasteiger partial charge in [-0.2, -0.15) is 5.10 Å². The Labute approximate surface area is 110 Å². The topological polar surface area (TPSA) is 77.5 Å². The van der Waals surface area contributed by atoms with Crippen LogP contribution in [-0.4, -0.2) is 20.9 Å². The fourth-order valence-electron chi connectivity index (χ4n) is 1.71. The monoisotopic (exact) mass is 264 g/mol. The molecule has 2 aromatic heterocycles. The first-order valence-corrected chi connectivity index (χ1v) is 6.12. The maximum Gasteiger partial charge on any atom is 0.371 e. The first-order chi connectivity index (χ1) is 9.10. The third kappa shape index (κ3) is 3.15. The summed E-state index contributed by atoms with van der Waals surface area (Å²) in [5, 5.41) is 12.9. The molecule has 0 saturated carbocycles. The van der Waals surface area contributed by atoms with E-state index in [1.165, 1.54) is 6.07 Å². The molecular formula is C13H16N2O4. The number of furan rings is 1. The van der Waals surface area contributed by atoms with Crippen molar-refractivity contribution in [1.82, 2.24) is 9.78 Å². The quantitative estimate of drug-likeness (QED) is 0.868. The van der Waals surface area contributed by atoms with E-state index < -0.39 is 5.97 Å². The van der Waals surface area contributed by atoms with Crippen molar-refractivity contribution in [2.75, 3.05) is 0 Å². The van der Waals surface area contributed by atoms with Gasteiger partial charge in [-0.25, -0.2) is 4.79 Å². The lowest BCUT2D eigenvalue weighted by atomic mass is 10.3. The number of rotatable bonds is 6. The summed E-state index contributed by atoms with van der Waals surface area (Å²) in [6, 6.07) is 3.02. The lowest BCUT2D eigenvalue weighted by Gasteiger charge is -2.09. The highest BCUT2D eigenvalue weighted by Crippen LogP contribution is 2.23. The Bertz CT molecular complexity index is 558. The largest absolute Gasteiger partial charge is 0.479 e. The molecule has 2 aromatic rings. The highest BCUT2D eigenvalue weighted by molar-refractivity contribution is 5.84. The molecule has 2 rings (SSSR count). The van der Waals surface area contributed by atoms with Gasteiger partial charge in [0, 0.05) is 6.54 Å². The van der Waals surface area contributed by atoms with Crippen LogP contribution in [0.2, 0.25) is 0 Å². The predicted octanol–water partition coefficient (Wildman–Crippen LogP) is 2.72. The van der Waals surface area contributed by atoms with E-state index in [0.29, 0.717) is 11.5 Å². The number of hydrogen-bond donors (Lipinski definition) is 1. The number of aromatic carboxylic acids is 1. The van der Waals surface area contributed by atoms with Crippen molar-refractivity contribution in [2.45, 2.75) is 32.9 Å². The molecule has 0 radical (unpaired) electrons. The Hall–Kier alpha value is -2.24. The first-order valence-electron chi connectivity index (χ1n) is 6.12. The van der Waals surface area contributed by atoms with Gasteiger partial charge in [0.15, 0.2) is 11.9 Å². The molecule has 0 aliphatic carbocycles. The number of hydrogen-bond acceptors (Lipinski definition) is 4. The van der Waals surface area contributed by atoms with Crippen molar-refractivity contribution in [2.24, 2.45) is 0 Å². The van der Waals surface area contributed by atoms with Crippen LogP contribution in [0.15, 0.2) is 28.9 Å². The van der Waals surface area contributed by atoms with Crippen LogP contribution in [0.5, 0.6) is 5.75 Å². The Balaban J connectivity index is 2.02. The van der Waals surface area contributed by atoms with Gasteiger partial charge in [-0.3, -0.25) is 4.68 Å². The van der Waals surface area contributed by atoms with Gasteiger partial charge < -0.3 is 14.3 Å². The third-order valence-electron chi connectivity index (χ3n) is 2.61. The number of carbonyl (C=O) groups is 1. The highest BCUT2D eigenvalue weighted by atomic mass is 16.5. The molecule has 1 N–H and O–H groups in total. The number of nitrogens with zero attached hydrogens (tertiary/aromatic N) is 2.